The molecule has 0 bridgehead atoms. The van der Waals surface area contributed by atoms with Gasteiger partial charge in [0.2, 0.25) is 5.91 Å². The minimum atomic E-state index is -1.10. The van der Waals surface area contributed by atoms with Gasteiger partial charge < -0.3 is 11.1 Å². The number of benzene rings is 1. The number of rotatable bonds is 8. The molecule has 1 heterocycles. The summed E-state index contributed by atoms with van der Waals surface area (Å²) in [7, 11) is 0. The van der Waals surface area contributed by atoms with Gasteiger partial charge in [-0.15, -0.1) is 0 Å². The number of nitrogens with one attached hydrogen (secondary N) is 1. The maximum absolute atomic E-state index is 12.2. The molecular formula is C18H20N4O5. The number of amides is 2. The van der Waals surface area contributed by atoms with Crippen molar-refractivity contribution < 1.29 is 14.5 Å². The van der Waals surface area contributed by atoms with E-state index in [9.17, 15) is 24.5 Å². The summed E-state index contributed by atoms with van der Waals surface area (Å²) < 4.78 is 0.795. The SMILES string of the molecule is CCCCc1ccc(NC(=O)Cn2cc([N+](=O)[O-])cc(C(N)=O)c2=O)cc1. The van der Waals surface area contributed by atoms with E-state index < -0.39 is 40.1 Å². The fourth-order valence-electron chi connectivity index (χ4n) is 2.50. The molecule has 0 saturated heterocycles. The van der Waals surface area contributed by atoms with Crippen molar-refractivity contribution in [1.82, 2.24) is 4.57 Å². The fourth-order valence-corrected chi connectivity index (χ4v) is 2.50. The Morgan fingerprint density at radius 3 is 2.48 bits per heavy atom. The molecule has 0 spiro atoms. The molecule has 0 aliphatic rings. The van der Waals surface area contributed by atoms with Crippen LogP contribution in [0.3, 0.4) is 0 Å². The van der Waals surface area contributed by atoms with Crippen LogP contribution >= 0.6 is 0 Å². The highest BCUT2D eigenvalue weighted by atomic mass is 16.6. The molecule has 0 fully saturated rings. The lowest BCUT2D eigenvalue weighted by molar-refractivity contribution is -0.385. The Labute approximate surface area is 155 Å². The van der Waals surface area contributed by atoms with Gasteiger partial charge in [0.25, 0.3) is 17.2 Å². The lowest BCUT2D eigenvalue weighted by Crippen LogP contribution is -2.33. The average Bonchev–Trinajstić information content (AvgIpc) is 2.62. The quantitative estimate of drug-likeness (QED) is 0.538. The summed E-state index contributed by atoms with van der Waals surface area (Å²) in [6, 6.07) is 8.09. The molecule has 1 aromatic heterocycles. The van der Waals surface area contributed by atoms with Crippen LogP contribution < -0.4 is 16.6 Å². The minimum Gasteiger partial charge on any atom is -0.365 e. The maximum Gasteiger partial charge on any atom is 0.286 e. The number of carbonyl (C=O) groups is 2. The molecule has 2 amide bonds. The van der Waals surface area contributed by atoms with E-state index >= 15 is 0 Å². The highest BCUT2D eigenvalue weighted by Gasteiger charge is 2.18. The number of hydrogen-bond donors (Lipinski definition) is 2. The predicted molar refractivity (Wildman–Crippen MR) is 99.6 cm³/mol. The van der Waals surface area contributed by atoms with E-state index in [4.69, 9.17) is 5.73 Å². The van der Waals surface area contributed by atoms with Crippen LogP contribution in [-0.2, 0) is 17.8 Å². The summed E-state index contributed by atoms with van der Waals surface area (Å²) in [6.45, 7) is 1.62. The molecule has 0 atom stereocenters. The van der Waals surface area contributed by atoms with Crippen molar-refractivity contribution in [3.8, 4) is 0 Å². The monoisotopic (exact) mass is 372 g/mol. The topological polar surface area (TPSA) is 137 Å². The van der Waals surface area contributed by atoms with Gasteiger partial charge in [-0.1, -0.05) is 25.5 Å². The molecule has 9 heteroatoms. The number of hydrogen-bond acceptors (Lipinski definition) is 5. The molecule has 0 unspecified atom stereocenters. The summed E-state index contributed by atoms with van der Waals surface area (Å²) >= 11 is 0. The van der Waals surface area contributed by atoms with Crippen LogP contribution in [0, 0.1) is 10.1 Å². The molecule has 0 radical (unpaired) electrons. The van der Waals surface area contributed by atoms with Gasteiger partial charge in [-0.2, -0.15) is 0 Å². The van der Waals surface area contributed by atoms with Gasteiger partial charge in [0.15, 0.2) is 0 Å². The molecule has 3 N–H and O–H groups in total. The second-order valence-corrected chi connectivity index (χ2v) is 6.02. The second kappa shape index (κ2) is 8.75. The van der Waals surface area contributed by atoms with Gasteiger partial charge in [-0.3, -0.25) is 29.1 Å². The zero-order valence-electron chi connectivity index (χ0n) is 14.8. The Kier molecular flexibility index (Phi) is 6.42. The number of nitrogens with zero attached hydrogens (tertiary/aromatic N) is 2. The number of aryl methyl sites for hydroxylation is 1. The van der Waals surface area contributed by atoms with E-state index in [-0.39, 0.29) is 0 Å². The Bertz CT molecular complexity index is 918. The van der Waals surface area contributed by atoms with Crippen molar-refractivity contribution in [2.75, 3.05) is 5.32 Å². The van der Waals surface area contributed by atoms with Crippen molar-refractivity contribution >= 4 is 23.2 Å². The summed E-state index contributed by atoms with van der Waals surface area (Å²) in [5.41, 5.74) is 4.85. The van der Waals surface area contributed by atoms with Crippen molar-refractivity contribution in [3.05, 3.63) is 68.1 Å². The molecule has 142 valence electrons. The first-order valence-corrected chi connectivity index (χ1v) is 8.39. The lowest BCUT2D eigenvalue weighted by Gasteiger charge is -2.09. The third-order valence-corrected chi connectivity index (χ3v) is 3.92. The first kappa shape index (κ1) is 19.8. The van der Waals surface area contributed by atoms with E-state index in [0.717, 1.165) is 41.7 Å². The zero-order chi connectivity index (χ0) is 20.0. The predicted octanol–water partition coefficient (Wildman–Crippen LogP) is 1.84. The number of carbonyl (C=O) groups excluding carboxylic acids is 2. The van der Waals surface area contributed by atoms with E-state index in [1.807, 2.05) is 12.1 Å². The first-order valence-electron chi connectivity index (χ1n) is 8.39. The smallest absolute Gasteiger partial charge is 0.286 e. The summed E-state index contributed by atoms with van der Waals surface area (Å²) in [4.78, 5) is 45.9. The third-order valence-electron chi connectivity index (χ3n) is 3.92. The number of aromatic nitrogens is 1. The van der Waals surface area contributed by atoms with E-state index in [1.165, 1.54) is 0 Å². The molecule has 0 saturated carbocycles. The van der Waals surface area contributed by atoms with Crippen LogP contribution in [0.5, 0.6) is 0 Å². The maximum atomic E-state index is 12.2. The number of pyridine rings is 1. The number of nitrogens with two attached hydrogens (primary N) is 1. The average molecular weight is 372 g/mol. The molecular weight excluding hydrogens is 352 g/mol. The van der Waals surface area contributed by atoms with E-state index in [2.05, 4.69) is 12.2 Å². The Morgan fingerprint density at radius 2 is 1.93 bits per heavy atom. The van der Waals surface area contributed by atoms with E-state index in [0.29, 0.717) is 5.69 Å². The minimum absolute atomic E-state index is 0.488. The number of primary amides is 1. The Hall–Kier alpha value is -3.49. The van der Waals surface area contributed by atoms with Gasteiger partial charge in [0, 0.05) is 11.8 Å². The highest BCUT2D eigenvalue weighted by molar-refractivity contribution is 5.93. The normalized spacial score (nSPS) is 10.4. The van der Waals surface area contributed by atoms with Gasteiger partial charge in [0.05, 0.1) is 11.1 Å². The van der Waals surface area contributed by atoms with Crippen LogP contribution in [0.4, 0.5) is 11.4 Å². The van der Waals surface area contributed by atoms with Crippen LogP contribution in [0.25, 0.3) is 0 Å². The number of anilines is 1. The second-order valence-electron chi connectivity index (χ2n) is 6.02. The van der Waals surface area contributed by atoms with E-state index in [1.54, 1.807) is 12.1 Å². The number of unbranched alkanes of at least 4 members (excludes halogenated alkanes) is 1. The van der Waals surface area contributed by atoms with Crippen molar-refractivity contribution in [1.29, 1.82) is 0 Å². The standard InChI is InChI=1S/C18H20N4O5/c1-2-3-4-12-5-7-13(8-6-12)20-16(23)11-21-10-14(22(26)27)9-15(17(19)24)18(21)25/h5-10H,2-4,11H2,1H3,(H2,19,24)(H,20,23). The fraction of sp³-hybridized carbons (Fsp3) is 0.278. The lowest BCUT2D eigenvalue weighted by atomic mass is 10.1. The molecule has 2 rings (SSSR count). The van der Waals surface area contributed by atoms with Crippen LogP contribution in [0.15, 0.2) is 41.3 Å². The molecule has 2 aromatic rings. The van der Waals surface area contributed by atoms with Crippen molar-refractivity contribution in [3.63, 3.8) is 0 Å². The summed E-state index contributed by atoms with van der Waals surface area (Å²) in [5, 5.41) is 13.6. The van der Waals surface area contributed by atoms with Gasteiger partial charge in [0.1, 0.15) is 12.1 Å². The van der Waals surface area contributed by atoms with Crippen molar-refractivity contribution in [2.45, 2.75) is 32.7 Å². The van der Waals surface area contributed by atoms with Crippen molar-refractivity contribution in [2.24, 2.45) is 5.73 Å². The van der Waals surface area contributed by atoms with Gasteiger partial charge in [-0.05, 0) is 30.5 Å². The Morgan fingerprint density at radius 1 is 1.26 bits per heavy atom. The molecule has 9 nitrogen and oxygen atoms in total. The largest absolute Gasteiger partial charge is 0.365 e. The molecule has 27 heavy (non-hydrogen) atoms. The zero-order valence-corrected chi connectivity index (χ0v) is 14.8. The highest BCUT2D eigenvalue weighted by Crippen LogP contribution is 2.13. The number of nitro groups is 1. The third kappa shape index (κ3) is 5.24. The summed E-state index contributed by atoms with van der Waals surface area (Å²) in [6.07, 6.45) is 4.01. The molecule has 0 aliphatic heterocycles. The van der Waals surface area contributed by atoms with Gasteiger partial charge >= 0.3 is 0 Å². The van der Waals surface area contributed by atoms with Crippen LogP contribution in [0.1, 0.15) is 35.7 Å². The van der Waals surface area contributed by atoms with Crippen LogP contribution in [0.2, 0.25) is 0 Å². The molecule has 0 aliphatic carbocycles. The first-order chi connectivity index (χ1) is 12.8. The Balaban J connectivity index is 2.16. The van der Waals surface area contributed by atoms with Gasteiger partial charge in [-0.25, -0.2) is 0 Å². The summed E-state index contributed by atoms with van der Waals surface area (Å²) in [5.74, 6) is -1.66. The molecule has 1 aromatic carbocycles. The van der Waals surface area contributed by atoms with Crippen LogP contribution in [-0.4, -0.2) is 21.3 Å².